The molecule has 9 atom stereocenters. The van der Waals surface area contributed by atoms with Gasteiger partial charge in [0, 0.05) is 6.42 Å². The van der Waals surface area contributed by atoms with Crippen LogP contribution in [0.3, 0.4) is 0 Å². The fourth-order valence-electron chi connectivity index (χ4n) is 3.94. The van der Waals surface area contributed by atoms with Crippen molar-refractivity contribution in [2.75, 3.05) is 18.9 Å². The summed E-state index contributed by atoms with van der Waals surface area (Å²) in [5, 5.41) is 29.5. The number of phosphoric ester groups is 1. The van der Waals surface area contributed by atoms with Gasteiger partial charge < -0.3 is 54.8 Å². The lowest BCUT2D eigenvalue weighted by Crippen LogP contribution is -2.39. The summed E-state index contributed by atoms with van der Waals surface area (Å²) in [5.74, 6) is -0.249. The Hall–Kier alpha value is -1.68. The van der Waals surface area contributed by atoms with Gasteiger partial charge in [0.15, 0.2) is 17.5 Å². The maximum Gasteiger partial charge on any atom is 0.490 e. The third-order valence-corrected chi connectivity index (χ3v) is 9.37. The van der Waals surface area contributed by atoms with Crippen LogP contribution in [-0.2, 0) is 41.1 Å². The normalized spacial score (nSPS) is 32.3. The number of nitrogens with two attached hydrogens (primary N) is 1. The molecule has 0 aliphatic carbocycles. The minimum atomic E-state index is -5.79. The van der Waals surface area contributed by atoms with Crippen LogP contribution in [-0.4, -0.2) is 104 Å². The number of aliphatic hydroxyl groups is 3. The molecular weight excluding hydrogens is 615 g/mol. The van der Waals surface area contributed by atoms with Crippen LogP contribution in [0, 0.1) is 0 Å². The Labute approximate surface area is 221 Å². The summed E-state index contributed by atoms with van der Waals surface area (Å²) in [6.07, 6.45) is -8.52. The molecule has 4 unspecified atom stereocenters. The van der Waals surface area contributed by atoms with Crippen molar-refractivity contribution in [1.82, 2.24) is 19.5 Å². The van der Waals surface area contributed by atoms with Crippen LogP contribution < -0.4 is 11.3 Å². The van der Waals surface area contributed by atoms with Gasteiger partial charge in [0.1, 0.15) is 30.6 Å². The van der Waals surface area contributed by atoms with E-state index >= 15 is 0 Å². The fourth-order valence-corrected chi connectivity index (χ4v) is 6.97. The number of imidazole rings is 1. The highest BCUT2D eigenvalue weighted by Gasteiger charge is 2.48. The number of aromatic amines is 1. The van der Waals surface area contributed by atoms with Crippen LogP contribution in [0.4, 0.5) is 5.95 Å². The molecule has 226 valence electrons. The number of rotatable bonds is 11. The van der Waals surface area contributed by atoms with E-state index in [2.05, 4.69) is 28.1 Å². The number of ether oxygens (including phenoxy) is 3. The SMILES string of the molecule is Nc1nc2c(ncn2[C@H]2CC(O[C@@H]3O[C@@H](CO)C(O)[C@@H]3O)[C@@H](COP(=O)(O)OP(=O)(O)OP(=O)(O)O)O2)c(=O)[nH]1. The number of hydrogen-bond acceptors (Lipinski definition) is 16. The van der Waals surface area contributed by atoms with Crippen LogP contribution in [0.1, 0.15) is 12.6 Å². The summed E-state index contributed by atoms with van der Waals surface area (Å²) >= 11 is 0. The Balaban J connectivity index is 1.55. The molecule has 0 radical (unpaired) electrons. The minimum Gasteiger partial charge on any atom is -0.394 e. The molecular formula is C15H24N5O17P3. The Kier molecular flexibility index (Phi) is 9.02. The molecule has 0 saturated carbocycles. The van der Waals surface area contributed by atoms with E-state index in [1.54, 1.807) is 0 Å². The molecule has 40 heavy (non-hydrogen) atoms. The van der Waals surface area contributed by atoms with Crippen molar-refractivity contribution in [2.45, 2.75) is 49.5 Å². The number of nitrogens with zero attached hydrogens (tertiary/aromatic N) is 3. The van der Waals surface area contributed by atoms with E-state index in [4.69, 9.17) is 29.7 Å². The summed E-state index contributed by atoms with van der Waals surface area (Å²) < 4.78 is 64.6. The zero-order valence-corrected chi connectivity index (χ0v) is 22.4. The predicted molar refractivity (Wildman–Crippen MR) is 124 cm³/mol. The van der Waals surface area contributed by atoms with Crippen LogP contribution in [0.5, 0.6) is 0 Å². The van der Waals surface area contributed by atoms with Gasteiger partial charge in [-0.05, 0) is 0 Å². The number of anilines is 1. The van der Waals surface area contributed by atoms with Crippen LogP contribution in [0.15, 0.2) is 11.1 Å². The second-order valence-electron chi connectivity index (χ2n) is 8.41. The third kappa shape index (κ3) is 7.20. The monoisotopic (exact) mass is 639 g/mol. The Bertz CT molecular complexity index is 1430. The van der Waals surface area contributed by atoms with Crippen molar-refractivity contribution < 1.29 is 75.9 Å². The number of hydrogen-bond donors (Lipinski definition) is 9. The maximum atomic E-state index is 12.2. The van der Waals surface area contributed by atoms with Gasteiger partial charge in [-0.2, -0.15) is 13.6 Å². The molecule has 0 spiro atoms. The predicted octanol–water partition coefficient (Wildman–Crippen LogP) is -2.84. The number of aliphatic hydroxyl groups excluding tert-OH is 3. The largest absolute Gasteiger partial charge is 0.490 e. The molecule has 0 aromatic carbocycles. The maximum absolute atomic E-state index is 12.2. The molecule has 0 bridgehead atoms. The quantitative estimate of drug-likeness (QED) is 0.112. The zero-order chi connectivity index (χ0) is 29.6. The highest BCUT2D eigenvalue weighted by atomic mass is 31.3. The van der Waals surface area contributed by atoms with E-state index in [0.717, 1.165) is 0 Å². The Morgan fingerprint density at radius 1 is 1.07 bits per heavy atom. The van der Waals surface area contributed by atoms with Crippen LogP contribution in [0.2, 0.25) is 0 Å². The first-order chi connectivity index (χ1) is 18.5. The summed E-state index contributed by atoms with van der Waals surface area (Å²) in [7, 11) is -17.0. The van der Waals surface area contributed by atoms with E-state index < -0.39 is 85.3 Å². The Morgan fingerprint density at radius 2 is 1.77 bits per heavy atom. The highest BCUT2D eigenvalue weighted by molar-refractivity contribution is 7.66. The van der Waals surface area contributed by atoms with Crippen LogP contribution >= 0.6 is 23.5 Å². The van der Waals surface area contributed by atoms with Crippen molar-refractivity contribution in [1.29, 1.82) is 0 Å². The number of fused-ring (bicyclic) bond motifs is 1. The molecule has 2 aliphatic heterocycles. The van der Waals surface area contributed by atoms with Gasteiger partial charge in [0.25, 0.3) is 5.56 Å². The Morgan fingerprint density at radius 3 is 2.40 bits per heavy atom. The second kappa shape index (κ2) is 11.5. The average molecular weight is 639 g/mol. The first-order valence-electron chi connectivity index (χ1n) is 10.9. The van der Waals surface area contributed by atoms with Crippen molar-refractivity contribution in [3.05, 3.63) is 16.7 Å². The lowest BCUT2D eigenvalue weighted by molar-refractivity contribution is -0.204. The summed E-state index contributed by atoms with van der Waals surface area (Å²) in [5.41, 5.74) is 4.80. The number of aromatic nitrogens is 4. The van der Waals surface area contributed by atoms with E-state index in [0.29, 0.717) is 0 Å². The molecule has 10 N–H and O–H groups in total. The lowest BCUT2D eigenvalue weighted by Gasteiger charge is -2.24. The van der Waals surface area contributed by atoms with Gasteiger partial charge >= 0.3 is 23.5 Å². The van der Waals surface area contributed by atoms with E-state index in [1.807, 2.05) is 0 Å². The van der Waals surface area contributed by atoms with Crippen molar-refractivity contribution in [3.63, 3.8) is 0 Å². The van der Waals surface area contributed by atoms with Crippen molar-refractivity contribution in [3.8, 4) is 0 Å². The molecule has 22 nitrogen and oxygen atoms in total. The smallest absolute Gasteiger partial charge is 0.394 e. The molecule has 2 aliphatic rings. The number of nitrogens with one attached hydrogen (secondary N) is 1. The molecule has 25 heteroatoms. The lowest BCUT2D eigenvalue weighted by atomic mass is 10.1. The van der Waals surface area contributed by atoms with Gasteiger partial charge in [0.05, 0.1) is 25.6 Å². The zero-order valence-electron chi connectivity index (χ0n) is 19.7. The molecule has 2 fully saturated rings. The number of phosphoric acid groups is 3. The summed E-state index contributed by atoms with van der Waals surface area (Å²) in [4.78, 5) is 58.8. The average Bonchev–Trinajstić information content (AvgIpc) is 3.47. The third-order valence-electron chi connectivity index (χ3n) is 5.57. The van der Waals surface area contributed by atoms with E-state index in [-0.39, 0.29) is 23.5 Å². The second-order valence-corrected chi connectivity index (χ2v) is 12.8. The van der Waals surface area contributed by atoms with Gasteiger partial charge in [-0.25, -0.2) is 18.7 Å². The molecule has 2 saturated heterocycles. The molecule has 2 aromatic heterocycles. The van der Waals surface area contributed by atoms with Gasteiger partial charge in [0.2, 0.25) is 5.95 Å². The first-order valence-corrected chi connectivity index (χ1v) is 15.4. The van der Waals surface area contributed by atoms with E-state index in [9.17, 15) is 43.6 Å². The van der Waals surface area contributed by atoms with Crippen LogP contribution in [0.25, 0.3) is 11.2 Å². The van der Waals surface area contributed by atoms with Gasteiger partial charge in [-0.15, -0.1) is 0 Å². The number of nitrogen functional groups attached to an aromatic ring is 1. The fraction of sp³-hybridized carbons (Fsp3) is 0.667. The standard InChI is InChI=1S/C15H24N5O17P3/c16-15-18-12-9(13(24)19-15)17-4-20(12)8-1-5(34-14-11(23)10(22)6(2-21)35-14)7(33-8)3-32-39(28,29)37-40(30,31)36-38(25,26)27/h4-8,10-11,14,21-23H,1-3H2,(H,28,29)(H,30,31)(H2,25,26,27)(H3,16,18,19,24)/t5?,6-,7+,8+,10?,11-,14+/m0/s1. The number of H-pyrrole nitrogens is 1. The molecule has 0 amide bonds. The summed E-state index contributed by atoms with van der Waals surface area (Å²) in [6, 6.07) is 0. The minimum absolute atomic E-state index is 0.0218. The van der Waals surface area contributed by atoms with E-state index in [1.165, 1.54) is 10.9 Å². The molecule has 2 aromatic rings. The summed E-state index contributed by atoms with van der Waals surface area (Å²) in [6.45, 7) is -1.61. The first kappa shape index (κ1) is 31.3. The van der Waals surface area contributed by atoms with Crippen molar-refractivity contribution >= 4 is 40.6 Å². The molecule has 4 heterocycles. The molecule has 4 rings (SSSR count). The highest BCUT2D eigenvalue weighted by Crippen LogP contribution is 2.66. The van der Waals surface area contributed by atoms with Crippen molar-refractivity contribution in [2.24, 2.45) is 0 Å². The van der Waals surface area contributed by atoms with Gasteiger partial charge in [-0.3, -0.25) is 18.9 Å². The van der Waals surface area contributed by atoms with Gasteiger partial charge in [-0.1, -0.05) is 0 Å². The topological polar surface area (TPSA) is 338 Å².